The van der Waals surface area contributed by atoms with E-state index in [0.717, 1.165) is 5.56 Å². The zero-order chi connectivity index (χ0) is 20.3. The fourth-order valence-corrected chi connectivity index (χ4v) is 3.35. The van der Waals surface area contributed by atoms with Crippen molar-refractivity contribution in [1.29, 1.82) is 0 Å². The average Bonchev–Trinajstić information content (AvgIpc) is 3.00. The lowest BCUT2D eigenvalue weighted by Crippen LogP contribution is -2.41. The van der Waals surface area contributed by atoms with E-state index in [2.05, 4.69) is 10.6 Å². The summed E-state index contributed by atoms with van der Waals surface area (Å²) in [5.74, 6) is 0.0715. The molecule has 8 nitrogen and oxygen atoms in total. The molecule has 1 aromatic rings. The summed E-state index contributed by atoms with van der Waals surface area (Å²) in [6, 6.07) is 3.33. The Labute approximate surface area is 165 Å². The van der Waals surface area contributed by atoms with Crippen LogP contribution in [-0.2, 0) is 14.9 Å². The molecule has 0 bridgehead atoms. The molecular formula is C20H29N3O5. The Bertz CT molecular complexity index is 742. The number of hydrogen-bond acceptors (Lipinski definition) is 6. The minimum absolute atomic E-state index is 0.0708. The third kappa shape index (κ3) is 4.45. The van der Waals surface area contributed by atoms with Gasteiger partial charge in [0.25, 0.3) is 11.8 Å². The van der Waals surface area contributed by atoms with Crippen molar-refractivity contribution >= 4 is 11.8 Å². The maximum Gasteiger partial charge on any atom is 0.254 e. The highest BCUT2D eigenvalue weighted by Crippen LogP contribution is 2.41. The standard InChI is InChI=1S/C20H29N3O5/c1-20(2)11-28-17-14(19(25)22-3)7-12(8-15(17)20)18(24)23-6-4-5-16-26-9-13(21)10-27-16/h7-8,13,16H,4-6,9-11,21H2,1-3H3,(H,22,25)(H,23,24)/t13-,16-. The van der Waals surface area contributed by atoms with Gasteiger partial charge in [-0.1, -0.05) is 13.8 Å². The predicted octanol–water partition coefficient (Wildman–Crippen LogP) is 0.926. The Kier molecular flexibility index (Phi) is 6.22. The summed E-state index contributed by atoms with van der Waals surface area (Å²) in [5, 5.41) is 5.51. The number of benzene rings is 1. The zero-order valence-electron chi connectivity index (χ0n) is 16.7. The van der Waals surface area contributed by atoms with Crippen LogP contribution in [0.4, 0.5) is 0 Å². The van der Waals surface area contributed by atoms with Crippen molar-refractivity contribution < 1.29 is 23.8 Å². The summed E-state index contributed by atoms with van der Waals surface area (Å²) in [6.45, 7) is 6.01. The smallest absolute Gasteiger partial charge is 0.254 e. The molecule has 2 heterocycles. The molecule has 4 N–H and O–H groups in total. The van der Waals surface area contributed by atoms with Crippen LogP contribution in [0.3, 0.4) is 0 Å². The maximum atomic E-state index is 12.7. The van der Waals surface area contributed by atoms with Crippen LogP contribution >= 0.6 is 0 Å². The topological polar surface area (TPSA) is 112 Å². The van der Waals surface area contributed by atoms with Crippen LogP contribution in [0, 0.1) is 0 Å². The maximum absolute atomic E-state index is 12.7. The third-order valence-corrected chi connectivity index (χ3v) is 5.02. The Balaban J connectivity index is 1.62. The monoisotopic (exact) mass is 391 g/mol. The SMILES string of the molecule is CNC(=O)c1cc(C(=O)NCCC[C@H]2OC[C@H](N)CO2)cc2c1OCC2(C)C. The lowest BCUT2D eigenvalue weighted by Gasteiger charge is -2.27. The highest BCUT2D eigenvalue weighted by molar-refractivity contribution is 6.02. The van der Waals surface area contributed by atoms with Gasteiger partial charge in [0.15, 0.2) is 6.29 Å². The van der Waals surface area contributed by atoms with Crippen LogP contribution in [0.5, 0.6) is 5.75 Å². The van der Waals surface area contributed by atoms with Crippen molar-refractivity contribution in [2.24, 2.45) is 5.73 Å². The minimum Gasteiger partial charge on any atom is -0.492 e. The van der Waals surface area contributed by atoms with Crippen molar-refractivity contribution in [3.8, 4) is 5.75 Å². The van der Waals surface area contributed by atoms with Gasteiger partial charge in [-0.15, -0.1) is 0 Å². The normalized spacial score (nSPS) is 22.9. The van der Waals surface area contributed by atoms with E-state index in [4.69, 9.17) is 19.9 Å². The second-order valence-corrected chi connectivity index (χ2v) is 7.91. The summed E-state index contributed by atoms with van der Waals surface area (Å²) in [7, 11) is 1.56. The molecule has 0 radical (unpaired) electrons. The van der Waals surface area contributed by atoms with Gasteiger partial charge in [0.2, 0.25) is 0 Å². The molecule has 154 valence electrons. The fourth-order valence-electron chi connectivity index (χ4n) is 3.35. The molecule has 0 atom stereocenters. The molecule has 2 aliphatic rings. The van der Waals surface area contributed by atoms with E-state index >= 15 is 0 Å². The van der Waals surface area contributed by atoms with Gasteiger partial charge in [-0.2, -0.15) is 0 Å². The van der Waals surface area contributed by atoms with Crippen molar-refractivity contribution in [2.75, 3.05) is 33.4 Å². The Morgan fingerprint density at radius 1 is 1.21 bits per heavy atom. The van der Waals surface area contributed by atoms with Gasteiger partial charge in [0.05, 0.1) is 31.4 Å². The molecule has 1 fully saturated rings. The van der Waals surface area contributed by atoms with E-state index < -0.39 is 0 Å². The molecule has 0 aliphatic carbocycles. The van der Waals surface area contributed by atoms with Crippen LogP contribution in [0.15, 0.2) is 12.1 Å². The molecule has 1 saturated heterocycles. The Morgan fingerprint density at radius 2 is 1.93 bits per heavy atom. The van der Waals surface area contributed by atoms with Crippen LogP contribution in [0.1, 0.15) is 53.0 Å². The van der Waals surface area contributed by atoms with Gasteiger partial charge in [-0.3, -0.25) is 9.59 Å². The first-order valence-electron chi connectivity index (χ1n) is 9.62. The van der Waals surface area contributed by atoms with Crippen molar-refractivity contribution in [2.45, 2.75) is 44.4 Å². The van der Waals surface area contributed by atoms with Gasteiger partial charge in [-0.25, -0.2) is 0 Å². The highest BCUT2D eigenvalue weighted by atomic mass is 16.7. The second kappa shape index (κ2) is 8.46. The first kappa shape index (κ1) is 20.6. The number of carbonyl (C=O) groups excluding carboxylic acids is 2. The largest absolute Gasteiger partial charge is 0.492 e. The number of amides is 2. The summed E-state index contributed by atoms with van der Waals surface area (Å²) < 4.78 is 16.7. The first-order valence-corrected chi connectivity index (χ1v) is 9.62. The molecule has 2 amide bonds. The van der Waals surface area contributed by atoms with Gasteiger partial charge in [0, 0.05) is 36.6 Å². The van der Waals surface area contributed by atoms with E-state index in [1.165, 1.54) is 0 Å². The second-order valence-electron chi connectivity index (χ2n) is 7.91. The number of rotatable bonds is 6. The molecule has 0 saturated carbocycles. The average molecular weight is 391 g/mol. The molecule has 0 unspecified atom stereocenters. The van der Waals surface area contributed by atoms with E-state index in [1.807, 2.05) is 19.9 Å². The van der Waals surface area contributed by atoms with Gasteiger partial charge < -0.3 is 30.6 Å². The van der Waals surface area contributed by atoms with Crippen molar-refractivity contribution in [3.05, 3.63) is 28.8 Å². The zero-order valence-corrected chi connectivity index (χ0v) is 16.7. The van der Waals surface area contributed by atoms with E-state index in [1.54, 1.807) is 13.1 Å². The molecule has 8 heteroatoms. The number of hydrogen-bond donors (Lipinski definition) is 3. The molecule has 3 rings (SSSR count). The van der Waals surface area contributed by atoms with E-state index in [0.29, 0.717) is 56.1 Å². The lowest BCUT2D eigenvalue weighted by atomic mass is 9.85. The van der Waals surface area contributed by atoms with Crippen LogP contribution in [0.2, 0.25) is 0 Å². The van der Waals surface area contributed by atoms with Gasteiger partial charge in [-0.05, 0) is 18.6 Å². The number of nitrogens with two attached hydrogens (primary N) is 1. The predicted molar refractivity (Wildman–Crippen MR) is 104 cm³/mol. The Hall–Kier alpha value is -2.16. The Morgan fingerprint density at radius 3 is 2.61 bits per heavy atom. The van der Waals surface area contributed by atoms with E-state index in [-0.39, 0.29) is 29.6 Å². The van der Waals surface area contributed by atoms with Crippen LogP contribution < -0.4 is 21.1 Å². The molecule has 0 aromatic heterocycles. The lowest BCUT2D eigenvalue weighted by molar-refractivity contribution is -0.188. The third-order valence-electron chi connectivity index (χ3n) is 5.02. The quantitative estimate of drug-likeness (QED) is 0.622. The summed E-state index contributed by atoms with van der Waals surface area (Å²) in [6.07, 6.45) is 1.13. The summed E-state index contributed by atoms with van der Waals surface area (Å²) in [5.41, 5.74) is 7.16. The molecule has 0 spiro atoms. The molecule has 28 heavy (non-hydrogen) atoms. The highest BCUT2D eigenvalue weighted by Gasteiger charge is 2.36. The number of carbonyl (C=O) groups is 2. The van der Waals surface area contributed by atoms with Crippen molar-refractivity contribution in [1.82, 2.24) is 10.6 Å². The first-order chi connectivity index (χ1) is 13.3. The minimum atomic E-state index is -0.270. The summed E-state index contributed by atoms with van der Waals surface area (Å²) >= 11 is 0. The van der Waals surface area contributed by atoms with Crippen molar-refractivity contribution in [3.63, 3.8) is 0 Å². The number of ether oxygens (including phenoxy) is 3. The van der Waals surface area contributed by atoms with Crippen LogP contribution in [0.25, 0.3) is 0 Å². The van der Waals surface area contributed by atoms with Gasteiger partial charge in [0.1, 0.15) is 5.75 Å². The molecular weight excluding hydrogens is 362 g/mol. The number of nitrogens with one attached hydrogen (secondary N) is 2. The molecule has 1 aromatic carbocycles. The number of fused-ring (bicyclic) bond motifs is 1. The van der Waals surface area contributed by atoms with E-state index in [9.17, 15) is 9.59 Å². The molecule has 2 aliphatic heterocycles. The fraction of sp³-hybridized carbons (Fsp3) is 0.600. The summed E-state index contributed by atoms with van der Waals surface area (Å²) in [4.78, 5) is 24.9. The van der Waals surface area contributed by atoms with Crippen LogP contribution in [-0.4, -0.2) is 57.6 Å². The van der Waals surface area contributed by atoms with Gasteiger partial charge >= 0.3 is 0 Å².